The van der Waals surface area contributed by atoms with Crippen molar-refractivity contribution in [3.8, 4) is 0 Å². The van der Waals surface area contributed by atoms with Gasteiger partial charge in [0.1, 0.15) is 0 Å². The van der Waals surface area contributed by atoms with Crippen molar-refractivity contribution in [1.29, 1.82) is 0 Å². The molecule has 0 spiro atoms. The first-order valence-corrected chi connectivity index (χ1v) is 7.10. The van der Waals surface area contributed by atoms with Crippen LogP contribution in [-0.2, 0) is 16.4 Å². The number of rotatable bonds is 6. The summed E-state index contributed by atoms with van der Waals surface area (Å²) >= 11 is 0. The summed E-state index contributed by atoms with van der Waals surface area (Å²) in [4.78, 5) is 0. The SMILES string of the molecule is CC(C)(CNCCn1cccn1)S(C)(=O)=O. The van der Waals surface area contributed by atoms with E-state index in [1.54, 1.807) is 24.7 Å². The van der Waals surface area contributed by atoms with Gasteiger partial charge in [-0.1, -0.05) is 0 Å². The summed E-state index contributed by atoms with van der Waals surface area (Å²) in [7, 11) is -3.02. The third kappa shape index (κ3) is 3.61. The Labute approximate surface area is 96.8 Å². The molecule has 1 rings (SSSR count). The monoisotopic (exact) mass is 245 g/mol. The second kappa shape index (κ2) is 4.97. The van der Waals surface area contributed by atoms with E-state index in [0.717, 1.165) is 6.54 Å². The number of hydrogen-bond acceptors (Lipinski definition) is 4. The number of nitrogens with zero attached hydrogens (tertiary/aromatic N) is 2. The van der Waals surface area contributed by atoms with Gasteiger partial charge in [0.15, 0.2) is 9.84 Å². The highest BCUT2D eigenvalue weighted by molar-refractivity contribution is 7.92. The fraction of sp³-hybridized carbons (Fsp3) is 0.700. The van der Waals surface area contributed by atoms with Gasteiger partial charge in [-0.3, -0.25) is 4.68 Å². The highest BCUT2D eigenvalue weighted by Gasteiger charge is 2.29. The van der Waals surface area contributed by atoms with Gasteiger partial charge in [-0.05, 0) is 19.9 Å². The van der Waals surface area contributed by atoms with E-state index in [0.29, 0.717) is 13.1 Å². The van der Waals surface area contributed by atoms with Gasteiger partial charge in [-0.15, -0.1) is 0 Å². The zero-order chi connectivity index (χ0) is 12.2. The van der Waals surface area contributed by atoms with Crippen molar-refractivity contribution in [2.24, 2.45) is 0 Å². The van der Waals surface area contributed by atoms with Crippen LogP contribution in [0.4, 0.5) is 0 Å². The molecule has 6 heteroatoms. The van der Waals surface area contributed by atoms with Crippen molar-refractivity contribution in [3.05, 3.63) is 18.5 Å². The second-order valence-corrected chi connectivity index (χ2v) is 7.13. The van der Waals surface area contributed by atoms with Crippen LogP contribution in [0.1, 0.15) is 13.8 Å². The third-order valence-corrected chi connectivity index (χ3v) is 4.78. The Balaban J connectivity index is 2.31. The molecule has 1 aromatic heterocycles. The van der Waals surface area contributed by atoms with Crippen molar-refractivity contribution in [2.45, 2.75) is 25.1 Å². The molecule has 92 valence electrons. The predicted octanol–water partition coefficient (Wildman–Crippen LogP) is 0.296. The lowest BCUT2D eigenvalue weighted by atomic mass is 10.2. The number of aromatic nitrogens is 2. The summed E-state index contributed by atoms with van der Waals surface area (Å²) < 4.78 is 23.9. The molecule has 0 saturated heterocycles. The Hall–Kier alpha value is -0.880. The van der Waals surface area contributed by atoms with Gasteiger partial charge in [-0.2, -0.15) is 5.10 Å². The minimum atomic E-state index is -3.02. The fourth-order valence-electron chi connectivity index (χ4n) is 1.15. The topological polar surface area (TPSA) is 64.0 Å². The van der Waals surface area contributed by atoms with Crippen molar-refractivity contribution in [1.82, 2.24) is 15.1 Å². The number of nitrogens with one attached hydrogen (secondary N) is 1. The predicted molar refractivity (Wildman–Crippen MR) is 64.0 cm³/mol. The minimum absolute atomic E-state index is 0.451. The highest BCUT2D eigenvalue weighted by Crippen LogP contribution is 2.12. The Morgan fingerprint density at radius 3 is 2.62 bits per heavy atom. The number of sulfone groups is 1. The van der Waals surface area contributed by atoms with Crippen molar-refractivity contribution < 1.29 is 8.42 Å². The van der Waals surface area contributed by atoms with Gasteiger partial charge in [0.2, 0.25) is 0 Å². The lowest BCUT2D eigenvalue weighted by Gasteiger charge is -2.22. The molecule has 0 aliphatic carbocycles. The van der Waals surface area contributed by atoms with Crippen LogP contribution in [0.5, 0.6) is 0 Å². The lowest BCUT2D eigenvalue weighted by molar-refractivity contribution is 0.498. The van der Waals surface area contributed by atoms with Crippen LogP contribution in [0.3, 0.4) is 0 Å². The second-order valence-electron chi connectivity index (χ2n) is 4.48. The van der Waals surface area contributed by atoms with Gasteiger partial charge in [-0.25, -0.2) is 8.42 Å². The molecule has 0 atom stereocenters. The van der Waals surface area contributed by atoms with Crippen LogP contribution in [-0.4, -0.2) is 42.3 Å². The van der Waals surface area contributed by atoms with Gasteiger partial charge in [0, 0.05) is 31.7 Å². The number of hydrogen-bond donors (Lipinski definition) is 1. The summed E-state index contributed by atoms with van der Waals surface area (Å²) in [6.45, 7) is 5.35. The summed E-state index contributed by atoms with van der Waals surface area (Å²) in [5.74, 6) is 0. The summed E-state index contributed by atoms with van der Waals surface area (Å²) in [5.41, 5.74) is 0. The summed E-state index contributed by atoms with van der Waals surface area (Å²) in [6, 6.07) is 1.86. The molecule has 0 saturated carbocycles. The molecule has 0 aliphatic rings. The maximum absolute atomic E-state index is 11.4. The Bertz CT molecular complexity index is 409. The first-order chi connectivity index (χ1) is 7.33. The zero-order valence-corrected chi connectivity index (χ0v) is 10.8. The average Bonchev–Trinajstić information content (AvgIpc) is 2.63. The molecule has 16 heavy (non-hydrogen) atoms. The molecule has 5 nitrogen and oxygen atoms in total. The van der Waals surface area contributed by atoms with Crippen LogP contribution in [0.25, 0.3) is 0 Å². The molecular weight excluding hydrogens is 226 g/mol. The molecule has 0 radical (unpaired) electrons. The fourth-order valence-corrected chi connectivity index (χ4v) is 1.51. The molecule has 0 amide bonds. The summed E-state index contributed by atoms with van der Waals surface area (Å²) in [5, 5.41) is 7.19. The highest BCUT2D eigenvalue weighted by atomic mass is 32.2. The minimum Gasteiger partial charge on any atom is -0.313 e. The van der Waals surface area contributed by atoms with E-state index in [9.17, 15) is 8.42 Å². The molecule has 1 aromatic rings. The van der Waals surface area contributed by atoms with Crippen LogP contribution < -0.4 is 5.32 Å². The molecule has 1 N–H and O–H groups in total. The molecule has 0 unspecified atom stereocenters. The van der Waals surface area contributed by atoms with Gasteiger partial charge >= 0.3 is 0 Å². The van der Waals surface area contributed by atoms with Crippen LogP contribution >= 0.6 is 0 Å². The molecule has 0 bridgehead atoms. The maximum Gasteiger partial charge on any atom is 0.153 e. The molecule has 0 aliphatic heterocycles. The standard InChI is InChI=1S/C10H19N3O2S/c1-10(2,16(3,14)15)9-11-6-8-13-7-4-5-12-13/h4-5,7,11H,6,8-9H2,1-3H3. The van der Waals surface area contributed by atoms with Crippen LogP contribution in [0, 0.1) is 0 Å². The van der Waals surface area contributed by atoms with E-state index in [1.165, 1.54) is 6.26 Å². The maximum atomic E-state index is 11.4. The van der Waals surface area contributed by atoms with Crippen molar-refractivity contribution >= 4 is 9.84 Å². The molecule has 0 fully saturated rings. The third-order valence-electron chi connectivity index (χ3n) is 2.63. The largest absolute Gasteiger partial charge is 0.313 e. The first-order valence-electron chi connectivity index (χ1n) is 5.21. The van der Waals surface area contributed by atoms with E-state index >= 15 is 0 Å². The molecule has 1 heterocycles. The van der Waals surface area contributed by atoms with E-state index in [1.807, 2.05) is 12.3 Å². The van der Waals surface area contributed by atoms with Gasteiger partial charge in [0.25, 0.3) is 0 Å². The van der Waals surface area contributed by atoms with Gasteiger partial charge < -0.3 is 5.32 Å². The zero-order valence-electron chi connectivity index (χ0n) is 9.97. The smallest absolute Gasteiger partial charge is 0.153 e. The Morgan fingerprint density at radius 1 is 1.44 bits per heavy atom. The first kappa shape index (κ1) is 13.2. The van der Waals surface area contributed by atoms with Crippen LogP contribution in [0.2, 0.25) is 0 Å². The lowest BCUT2D eigenvalue weighted by Crippen LogP contribution is -2.42. The van der Waals surface area contributed by atoms with E-state index in [2.05, 4.69) is 10.4 Å². The summed E-state index contributed by atoms with van der Waals surface area (Å²) in [6.07, 6.45) is 4.87. The van der Waals surface area contributed by atoms with Crippen molar-refractivity contribution in [3.63, 3.8) is 0 Å². The van der Waals surface area contributed by atoms with E-state index in [4.69, 9.17) is 0 Å². The van der Waals surface area contributed by atoms with Gasteiger partial charge in [0.05, 0.1) is 11.3 Å². The Morgan fingerprint density at radius 2 is 2.12 bits per heavy atom. The van der Waals surface area contributed by atoms with E-state index < -0.39 is 14.6 Å². The van der Waals surface area contributed by atoms with Crippen LogP contribution in [0.15, 0.2) is 18.5 Å². The molecule has 0 aromatic carbocycles. The van der Waals surface area contributed by atoms with E-state index in [-0.39, 0.29) is 0 Å². The average molecular weight is 245 g/mol. The Kier molecular flexibility index (Phi) is 4.09. The quantitative estimate of drug-likeness (QED) is 0.732. The normalized spacial score (nSPS) is 12.9. The molecular formula is C10H19N3O2S. The van der Waals surface area contributed by atoms with Crippen molar-refractivity contribution in [2.75, 3.05) is 19.3 Å².